The summed E-state index contributed by atoms with van der Waals surface area (Å²) in [4.78, 5) is 21.8. The smallest absolute Gasteiger partial charge is 0.257 e. The highest BCUT2D eigenvalue weighted by molar-refractivity contribution is 7.99. The number of nitrogens with one attached hydrogen (secondary N) is 1. The van der Waals surface area contributed by atoms with Crippen molar-refractivity contribution in [3.8, 4) is 0 Å². The molecule has 5 nitrogen and oxygen atoms in total. The Balaban J connectivity index is 1.34. The van der Waals surface area contributed by atoms with Crippen LogP contribution in [0.5, 0.6) is 0 Å². The number of oxazole rings is 1. The Morgan fingerprint density at radius 2 is 2.04 bits per heavy atom. The molecule has 1 amide bonds. The third-order valence-electron chi connectivity index (χ3n) is 3.80. The van der Waals surface area contributed by atoms with Crippen molar-refractivity contribution >= 4 is 68.4 Å². The fraction of sp³-hybridized carbons (Fsp3) is 0.105. The molecule has 9 heteroatoms. The molecule has 1 N–H and O–H groups in total. The minimum absolute atomic E-state index is 0.172. The molecule has 2 aromatic heterocycles. The van der Waals surface area contributed by atoms with Crippen LogP contribution in [-0.2, 0) is 11.2 Å². The number of para-hydroxylation sites is 2. The predicted octanol–water partition coefficient (Wildman–Crippen LogP) is 5.91. The molecule has 0 radical (unpaired) electrons. The molecule has 0 aliphatic heterocycles. The monoisotopic (exact) mass is 449 g/mol. The van der Waals surface area contributed by atoms with Gasteiger partial charge in [0.2, 0.25) is 5.91 Å². The third kappa shape index (κ3) is 4.50. The summed E-state index contributed by atoms with van der Waals surface area (Å²) in [5, 5.41) is 4.86. The Labute approximate surface area is 179 Å². The number of amides is 1. The van der Waals surface area contributed by atoms with E-state index in [1.807, 2.05) is 36.4 Å². The molecule has 0 bridgehead atoms. The molecular weight excluding hydrogens is 437 g/mol. The number of fused-ring (bicyclic) bond motifs is 1. The molecular formula is C19H13Cl2N3O2S2. The van der Waals surface area contributed by atoms with Crippen LogP contribution < -0.4 is 5.32 Å². The number of anilines is 1. The van der Waals surface area contributed by atoms with Crippen LogP contribution in [0.15, 0.2) is 58.3 Å². The zero-order valence-corrected chi connectivity index (χ0v) is 17.5. The lowest BCUT2D eigenvalue weighted by molar-refractivity contribution is -0.113. The van der Waals surface area contributed by atoms with Gasteiger partial charge >= 0.3 is 0 Å². The Kier molecular flexibility index (Phi) is 5.87. The number of halogens is 2. The van der Waals surface area contributed by atoms with E-state index < -0.39 is 0 Å². The maximum atomic E-state index is 12.2. The minimum atomic E-state index is -0.172. The average Bonchev–Trinajstić information content (AvgIpc) is 3.30. The van der Waals surface area contributed by atoms with E-state index in [4.69, 9.17) is 27.6 Å². The van der Waals surface area contributed by atoms with Crippen molar-refractivity contribution in [1.82, 2.24) is 9.97 Å². The first-order chi connectivity index (χ1) is 13.6. The van der Waals surface area contributed by atoms with Gasteiger partial charge in [-0.2, -0.15) is 0 Å². The van der Waals surface area contributed by atoms with Crippen molar-refractivity contribution in [2.24, 2.45) is 0 Å². The van der Waals surface area contributed by atoms with Gasteiger partial charge in [0.25, 0.3) is 5.22 Å². The molecule has 0 saturated heterocycles. The van der Waals surface area contributed by atoms with Gasteiger partial charge in [-0.1, -0.05) is 59.2 Å². The summed E-state index contributed by atoms with van der Waals surface area (Å²) in [5.74, 6) is 0.0101. The maximum absolute atomic E-state index is 12.2. The van der Waals surface area contributed by atoms with Crippen molar-refractivity contribution in [1.29, 1.82) is 0 Å². The Morgan fingerprint density at radius 3 is 2.89 bits per heavy atom. The molecule has 0 spiro atoms. The van der Waals surface area contributed by atoms with Gasteiger partial charge in [0.05, 0.1) is 15.8 Å². The number of nitrogens with zero attached hydrogens (tertiary/aromatic N) is 2. The zero-order chi connectivity index (χ0) is 19.5. The number of rotatable bonds is 6. The molecule has 4 aromatic rings. The predicted molar refractivity (Wildman–Crippen MR) is 115 cm³/mol. The number of hydrogen-bond donors (Lipinski definition) is 1. The number of benzene rings is 2. The molecule has 28 heavy (non-hydrogen) atoms. The second-order valence-electron chi connectivity index (χ2n) is 5.81. The van der Waals surface area contributed by atoms with Gasteiger partial charge in [-0.15, -0.1) is 11.3 Å². The van der Waals surface area contributed by atoms with Crippen LogP contribution in [0, 0.1) is 0 Å². The van der Waals surface area contributed by atoms with Gasteiger partial charge in [-0.05, 0) is 23.8 Å². The van der Waals surface area contributed by atoms with Gasteiger partial charge in [0, 0.05) is 17.5 Å². The number of carbonyl (C=O) groups is 1. The van der Waals surface area contributed by atoms with Crippen LogP contribution in [-0.4, -0.2) is 21.6 Å². The van der Waals surface area contributed by atoms with Gasteiger partial charge in [0.1, 0.15) is 5.52 Å². The van der Waals surface area contributed by atoms with E-state index in [1.54, 1.807) is 12.3 Å². The molecule has 0 fully saturated rings. The van der Waals surface area contributed by atoms with Crippen LogP contribution in [0.2, 0.25) is 10.0 Å². The topological polar surface area (TPSA) is 68.0 Å². The van der Waals surface area contributed by atoms with Crippen molar-refractivity contribution in [2.45, 2.75) is 11.6 Å². The quantitative estimate of drug-likeness (QED) is 0.370. The van der Waals surface area contributed by atoms with Crippen LogP contribution in [0.25, 0.3) is 11.1 Å². The third-order valence-corrected chi connectivity index (χ3v) is 6.40. The second-order valence-corrected chi connectivity index (χ2v) is 8.63. The van der Waals surface area contributed by atoms with Gasteiger partial charge in [-0.3, -0.25) is 4.79 Å². The van der Waals surface area contributed by atoms with Crippen molar-refractivity contribution in [2.75, 3.05) is 11.1 Å². The fourth-order valence-corrected chi connectivity index (χ4v) is 4.39. The van der Waals surface area contributed by atoms with Crippen LogP contribution in [0.4, 0.5) is 5.13 Å². The molecule has 2 heterocycles. The molecule has 0 aliphatic rings. The number of carbonyl (C=O) groups excluding carboxylic acids is 1. The summed E-state index contributed by atoms with van der Waals surface area (Å²) < 4.78 is 5.60. The van der Waals surface area contributed by atoms with E-state index in [0.29, 0.717) is 32.4 Å². The fourth-order valence-electron chi connectivity index (χ4n) is 2.52. The largest absolute Gasteiger partial charge is 0.431 e. The first-order valence-electron chi connectivity index (χ1n) is 8.24. The first kappa shape index (κ1) is 19.3. The van der Waals surface area contributed by atoms with Crippen LogP contribution in [0.1, 0.15) is 10.4 Å². The molecule has 0 atom stereocenters. The lowest BCUT2D eigenvalue weighted by atomic mass is 10.1. The average molecular weight is 450 g/mol. The summed E-state index contributed by atoms with van der Waals surface area (Å²) in [6.07, 6.45) is 2.33. The van der Waals surface area contributed by atoms with Crippen LogP contribution >= 0.6 is 46.3 Å². The maximum Gasteiger partial charge on any atom is 0.257 e. The summed E-state index contributed by atoms with van der Waals surface area (Å²) in [5.41, 5.74) is 2.39. The molecule has 0 unspecified atom stereocenters. The molecule has 2 aromatic carbocycles. The summed E-state index contributed by atoms with van der Waals surface area (Å²) >= 11 is 14.9. The van der Waals surface area contributed by atoms with Crippen LogP contribution in [0.3, 0.4) is 0 Å². The highest BCUT2D eigenvalue weighted by Gasteiger charge is 2.12. The number of thioether (sulfide) groups is 1. The number of hydrogen-bond acceptors (Lipinski definition) is 6. The van der Waals surface area contributed by atoms with Gasteiger partial charge in [0.15, 0.2) is 10.7 Å². The second kappa shape index (κ2) is 8.53. The highest BCUT2D eigenvalue weighted by atomic mass is 35.5. The van der Waals surface area contributed by atoms with E-state index >= 15 is 0 Å². The standard InChI is InChI=1S/C19H13Cl2N3O2S2/c20-13-5-3-4-11(17(13)21)8-12-9-22-18(28-12)24-16(25)10-27-19-23-14-6-1-2-7-15(14)26-19/h1-7,9H,8,10H2,(H,22,24,25). The summed E-state index contributed by atoms with van der Waals surface area (Å²) in [6, 6.07) is 13.0. The minimum Gasteiger partial charge on any atom is -0.431 e. The summed E-state index contributed by atoms with van der Waals surface area (Å²) in [7, 11) is 0. The first-order valence-corrected chi connectivity index (χ1v) is 10.8. The Morgan fingerprint density at radius 1 is 1.18 bits per heavy atom. The zero-order valence-electron chi connectivity index (χ0n) is 14.3. The molecule has 0 saturated carbocycles. The van der Waals surface area contributed by atoms with Gasteiger partial charge < -0.3 is 9.73 Å². The molecule has 4 rings (SSSR count). The van der Waals surface area contributed by atoms with E-state index in [9.17, 15) is 4.79 Å². The molecule has 0 aliphatic carbocycles. The van der Waals surface area contributed by atoms with E-state index in [-0.39, 0.29) is 11.7 Å². The summed E-state index contributed by atoms with van der Waals surface area (Å²) in [6.45, 7) is 0. The van der Waals surface area contributed by atoms with Crippen molar-refractivity contribution in [3.05, 3.63) is 69.1 Å². The van der Waals surface area contributed by atoms with E-state index in [2.05, 4.69) is 15.3 Å². The van der Waals surface area contributed by atoms with Gasteiger partial charge in [-0.25, -0.2) is 9.97 Å². The lowest BCUT2D eigenvalue weighted by Gasteiger charge is -2.03. The highest BCUT2D eigenvalue weighted by Crippen LogP contribution is 2.30. The SMILES string of the molecule is O=C(CSc1nc2ccccc2o1)Nc1ncc(Cc2cccc(Cl)c2Cl)s1. The lowest BCUT2D eigenvalue weighted by Crippen LogP contribution is -2.13. The Hall–Kier alpha value is -2.06. The number of aromatic nitrogens is 2. The number of thiazole rings is 1. The molecule has 142 valence electrons. The van der Waals surface area contributed by atoms with Crippen molar-refractivity contribution < 1.29 is 9.21 Å². The van der Waals surface area contributed by atoms with E-state index in [0.717, 1.165) is 16.0 Å². The van der Waals surface area contributed by atoms with Crippen molar-refractivity contribution in [3.63, 3.8) is 0 Å². The van der Waals surface area contributed by atoms with E-state index in [1.165, 1.54) is 23.1 Å². The normalized spacial score (nSPS) is 11.1. The Bertz CT molecular complexity index is 1110.